The molecule has 0 spiro atoms. The van der Waals surface area contributed by atoms with Crippen molar-refractivity contribution in [1.29, 1.82) is 0 Å². The number of piperazine rings is 1. The molecule has 12 nitrogen and oxygen atoms in total. The quantitative estimate of drug-likeness (QED) is 0.281. The van der Waals surface area contributed by atoms with Crippen molar-refractivity contribution in [2.45, 2.75) is 30.8 Å². The largest absolute Gasteiger partial charge is 0.493 e. The molecule has 0 unspecified atom stereocenters. The van der Waals surface area contributed by atoms with Crippen molar-refractivity contribution in [2.24, 2.45) is 10.7 Å². The Hall–Kier alpha value is -3.72. The molecule has 0 radical (unpaired) electrons. The number of carbonyl (C=O) groups excluding carboxylic acids is 2. The SMILES string of the molecule is CCOc1cc(C)c(S(=O)(=O)NCOC)cc1C1=N[C@@H](c2ccc(Cl)cc2)[C@@H](c2ccc(Cl)cc2)N1C(=O)N1CCN(CC(N)=O)CC1. The van der Waals surface area contributed by atoms with Crippen molar-refractivity contribution in [2.75, 3.05) is 53.2 Å². The van der Waals surface area contributed by atoms with E-state index in [2.05, 4.69) is 4.72 Å². The van der Waals surface area contributed by atoms with Gasteiger partial charge in [-0.05, 0) is 66.9 Å². The van der Waals surface area contributed by atoms with E-state index in [0.29, 0.717) is 53.1 Å². The van der Waals surface area contributed by atoms with E-state index in [1.54, 1.807) is 47.1 Å². The number of urea groups is 1. The minimum atomic E-state index is -4.02. The number of methoxy groups -OCH3 is 1. The van der Waals surface area contributed by atoms with Gasteiger partial charge in [0, 0.05) is 43.3 Å². The van der Waals surface area contributed by atoms with Gasteiger partial charge in [-0.1, -0.05) is 47.5 Å². The van der Waals surface area contributed by atoms with E-state index in [1.807, 2.05) is 36.1 Å². The fourth-order valence-corrected chi connectivity index (χ4v) is 7.38. The number of aryl methyl sites for hydroxylation is 1. The second kappa shape index (κ2) is 15.2. The Balaban J connectivity index is 1.70. The van der Waals surface area contributed by atoms with Gasteiger partial charge in [-0.2, -0.15) is 4.72 Å². The third-order valence-electron chi connectivity index (χ3n) is 8.22. The molecule has 3 N–H and O–H groups in total. The van der Waals surface area contributed by atoms with Gasteiger partial charge in [0.25, 0.3) is 0 Å². The highest BCUT2D eigenvalue weighted by molar-refractivity contribution is 7.89. The van der Waals surface area contributed by atoms with Gasteiger partial charge in [0.05, 0.1) is 29.7 Å². The molecule has 256 valence electrons. The number of ether oxygens (including phenoxy) is 2. The number of halogens is 2. The van der Waals surface area contributed by atoms with Crippen LogP contribution in [0.25, 0.3) is 0 Å². The molecular weight excluding hydrogens is 679 g/mol. The maximum absolute atomic E-state index is 14.8. The summed E-state index contributed by atoms with van der Waals surface area (Å²) in [5, 5.41) is 1.07. The van der Waals surface area contributed by atoms with Gasteiger partial charge in [0.1, 0.15) is 24.4 Å². The molecule has 5 rings (SSSR count). The average Bonchev–Trinajstić information content (AvgIpc) is 3.44. The summed E-state index contributed by atoms with van der Waals surface area (Å²) < 4.78 is 40.3. The predicted molar refractivity (Wildman–Crippen MR) is 184 cm³/mol. The number of sulfonamides is 1. The topological polar surface area (TPSA) is 147 Å². The molecule has 3 aromatic rings. The minimum Gasteiger partial charge on any atom is -0.493 e. The first kappa shape index (κ1) is 35.6. The number of aliphatic imine (C=N–C) groups is 1. The zero-order valence-electron chi connectivity index (χ0n) is 26.9. The lowest BCUT2D eigenvalue weighted by Gasteiger charge is -2.38. The Morgan fingerprint density at radius 1 is 0.979 bits per heavy atom. The molecule has 15 heteroatoms. The van der Waals surface area contributed by atoms with Gasteiger partial charge >= 0.3 is 6.03 Å². The Morgan fingerprint density at radius 3 is 2.15 bits per heavy atom. The minimum absolute atomic E-state index is 0.00819. The third-order valence-corrected chi connectivity index (χ3v) is 10.2. The van der Waals surface area contributed by atoms with Crippen LogP contribution >= 0.6 is 23.2 Å². The molecule has 1 saturated heterocycles. The normalized spacial score (nSPS) is 18.6. The van der Waals surface area contributed by atoms with Gasteiger partial charge < -0.3 is 20.1 Å². The number of hydrogen-bond acceptors (Lipinski definition) is 8. The number of hydrogen-bond donors (Lipinski definition) is 2. The van der Waals surface area contributed by atoms with Crippen LogP contribution in [0.2, 0.25) is 10.0 Å². The van der Waals surface area contributed by atoms with Crippen LogP contribution < -0.4 is 15.2 Å². The third kappa shape index (κ3) is 7.77. The van der Waals surface area contributed by atoms with Gasteiger partial charge in [-0.15, -0.1) is 0 Å². The van der Waals surface area contributed by atoms with Crippen LogP contribution in [0.4, 0.5) is 4.79 Å². The van der Waals surface area contributed by atoms with Gasteiger partial charge in [-0.25, -0.2) is 13.2 Å². The molecule has 2 aliphatic heterocycles. The standard InChI is InChI=1S/C33H38Cl2N6O6S/c1-4-47-27-17-21(2)28(48(44,45)37-20-46-3)18-26(27)32-38-30(22-5-9-24(34)10-6-22)31(23-7-11-25(35)12-8-23)41(32)33(43)40-15-13-39(14-16-40)19-29(36)42/h5-12,17-18,30-31,37H,4,13-16,19-20H2,1-3H3,(H2,36,42)/t30-,31+/m0/s1. The van der Waals surface area contributed by atoms with Crippen LogP contribution in [0.3, 0.4) is 0 Å². The fourth-order valence-electron chi connectivity index (χ4n) is 5.94. The molecule has 3 amide bonds. The lowest BCUT2D eigenvalue weighted by molar-refractivity contribution is -0.119. The van der Waals surface area contributed by atoms with E-state index in [1.165, 1.54) is 13.2 Å². The monoisotopic (exact) mass is 716 g/mol. The number of amidine groups is 1. The van der Waals surface area contributed by atoms with Crippen LogP contribution in [-0.2, 0) is 19.6 Å². The number of amides is 3. The smallest absolute Gasteiger partial charge is 0.326 e. The Morgan fingerprint density at radius 2 is 1.58 bits per heavy atom. The van der Waals surface area contributed by atoms with Crippen molar-refractivity contribution in [3.63, 3.8) is 0 Å². The van der Waals surface area contributed by atoms with Crippen LogP contribution in [0.5, 0.6) is 5.75 Å². The van der Waals surface area contributed by atoms with E-state index in [-0.39, 0.29) is 36.6 Å². The second-order valence-electron chi connectivity index (χ2n) is 11.5. The maximum atomic E-state index is 14.8. The number of nitrogens with two attached hydrogens (primary N) is 1. The average molecular weight is 718 g/mol. The number of nitrogens with zero attached hydrogens (tertiary/aromatic N) is 4. The van der Waals surface area contributed by atoms with Crippen molar-refractivity contribution in [3.05, 3.63) is 93.0 Å². The molecule has 0 saturated carbocycles. The van der Waals surface area contributed by atoms with Crippen molar-refractivity contribution >= 4 is 51.0 Å². The summed E-state index contributed by atoms with van der Waals surface area (Å²) >= 11 is 12.6. The lowest BCUT2D eigenvalue weighted by atomic mass is 9.93. The van der Waals surface area contributed by atoms with Gasteiger partial charge in [0.2, 0.25) is 15.9 Å². The summed E-state index contributed by atoms with van der Waals surface area (Å²) in [4.78, 5) is 36.7. The Bertz CT molecular complexity index is 1780. The Labute approximate surface area is 290 Å². The second-order valence-corrected chi connectivity index (χ2v) is 14.1. The molecule has 0 aliphatic carbocycles. The summed E-state index contributed by atoms with van der Waals surface area (Å²) in [6, 6.07) is 16.0. The summed E-state index contributed by atoms with van der Waals surface area (Å²) in [6.45, 7) is 5.21. The number of nitrogens with one attached hydrogen (secondary N) is 1. The highest BCUT2D eigenvalue weighted by Crippen LogP contribution is 2.46. The van der Waals surface area contributed by atoms with Crippen LogP contribution in [0.15, 0.2) is 70.6 Å². The maximum Gasteiger partial charge on any atom is 0.326 e. The summed E-state index contributed by atoms with van der Waals surface area (Å²) in [5.74, 6) is 0.173. The first-order valence-electron chi connectivity index (χ1n) is 15.4. The molecule has 2 heterocycles. The molecule has 1 fully saturated rings. The zero-order valence-corrected chi connectivity index (χ0v) is 29.2. The summed E-state index contributed by atoms with van der Waals surface area (Å²) in [6.07, 6.45) is 0. The zero-order chi connectivity index (χ0) is 34.6. The van der Waals surface area contributed by atoms with Gasteiger partial charge in [0.15, 0.2) is 0 Å². The predicted octanol–water partition coefficient (Wildman–Crippen LogP) is 4.35. The van der Waals surface area contributed by atoms with Crippen LogP contribution in [0, 0.1) is 6.92 Å². The van der Waals surface area contributed by atoms with Crippen molar-refractivity contribution < 1.29 is 27.5 Å². The molecule has 48 heavy (non-hydrogen) atoms. The van der Waals surface area contributed by atoms with E-state index in [9.17, 15) is 18.0 Å². The molecule has 2 aliphatic rings. The highest BCUT2D eigenvalue weighted by atomic mass is 35.5. The first-order chi connectivity index (χ1) is 22.9. The first-order valence-corrected chi connectivity index (χ1v) is 17.6. The molecule has 2 atom stereocenters. The summed E-state index contributed by atoms with van der Waals surface area (Å²) in [5.41, 5.74) is 7.75. The highest BCUT2D eigenvalue weighted by Gasteiger charge is 2.45. The number of primary amides is 1. The van der Waals surface area contributed by atoms with E-state index in [4.69, 9.17) is 43.4 Å². The number of benzene rings is 3. The fraction of sp³-hybridized carbons (Fsp3) is 0.364. The van der Waals surface area contributed by atoms with Crippen LogP contribution in [-0.4, -0.2) is 94.1 Å². The van der Waals surface area contributed by atoms with E-state index >= 15 is 0 Å². The van der Waals surface area contributed by atoms with Crippen LogP contribution in [0.1, 0.15) is 41.3 Å². The van der Waals surface area contributed by atoms with E-state index < -0.39 is 28.0 Å². The van der Waals surface area contributed by atoms with Gasteiger partial charge in [-0.3, -0.25) is 19.6 Å². The lowest BCUT2D eigenvalue weighted by Crippen LogP contribution is -2.55. The number of carbonyl (C=O) groups is 2. The van der Waals surface area contributed by atoms with Crippen molar-refractivity contribution in [1.82, 2.24) is 19.4 Å². The Kier molecular flexibility index (Phi) is 11.3. The molecular formula is C33H38Cl2N6O6S. The number of rotatable bonds is 11. The molecule has 0 bridgehead atoms. The van der Waals surface area contributed by atoms with E-state index in [0.717, 1.165) is 11.1 Å². The molecule has 3 aromatic carbocycles. The van der Waals surface area contributed by atoms with Crippen molar-refractivity contribution in [3.8, 4) is 5.75 Å². The summed E-state index contributed by atoms with van der Waals surface area (Å²) in [7, 11) is -2.64. The molecule has 0 aromatic heterocycles.